The Morgan fingerprint density at radius 3 is 3.00 bits per heavy atom. The SMILES string of the molecule is Cc1ccc(S)cc1CNC=O. The molecule has 0 bridgehead atoms. The van der Waals surface area contributed by atoms with E-state index in [9.17, 15) is 4.79 Å². The average molecular weight is 181 g/mol. The molecule has 0 aliphatic heterocycles. The molecule has 12 heavy (non-hydrogen) atoms. The summed E-state index contributed by atoms with van der Waals surface area (Å²) in [4.78, 5) is 11.0. The highest BCUT2D eigenvalue weighted by atomic mass is 32.1. The molecule has 2 nitrogen and oxygen atoms in total. The zero-order valence-corrected chi connectivity index (χ0v) is 7.77. The first kappa shape index (κ1) is 9.13. The van der Waals surface area contributed by atoms with Crippen molar-refractivity contribution in [3.05, 3.63) is 29.3 Å². The number of carbonyl (C=O) groups is 1. The fourth-order valence-electron chi connectivity index (χ4n) is 1.000. The standard InChI is InChI=1S/C9H11NOS/c1-7-2-3-9(12)4-8(7)5-10-6-11/h2-4,6,12H,5H2,1H3,(H,10,11). The summed E-state index contributed by atoms with van der Waals surface area (Å²) < 4.78 is 0. The van der Waals surface area contributed by atoms with Crippen LogP contribution in [0.3, 0.4) is 0 Å². The Bertz CT molecular complexity index is 286. The molecule has 0 aliphatic carbocycles. The minimum Gasteiger partial charge on any atom is -0.355 e. The Morgan fingerprint density at radius 1 is 1.58 bits per heavy atom. The molecular weight excluding hydrogens is 170 g/mol. The quantitative estimate of drug-likeness (QED) is 0.537. The van der Waals surface area contributed by atoms with Crippen LogP contribution in [0, 0.1) is 6.92 Å². The first-order valence-electron chi connectivity index (χ1n) is 3.69. The highest BCUT2D eigenvalue weighted by molar-refractivity contribution is 7.80. The molecule has 1 N–H and O–H groups in total. The fraction of sp³-hybridized carbons (Fsp3) is 0.222. The van der Waals surface area contributed by atoms with Gasteiger partial charge in [-0.15, -0.1) is 12.6 Å². The van der Waals surface area contributed by atoms with Crippen molar-refractivity contribution < 1.29 is 4.79 Å². The second-order valence-corrected chi connectivity index (χ2v) is 3.13. The molecule has 0 spiro atoms. The third kappa shape index (κ3) is 2.27. The summed E-state index contributed by atoms with van der Waals surface area (Å²) in [6.45, 7) is 2.58. The van der Waals surface area contributed by atoms with E-state index in [0.717, 1.165) is 10.5 Å². The van der Waals surface area contributed by atoms with E-state index >= 15 is 0 Å². The van der Waals surface area contributed by atoms with Gasteiger partial charge in [0.15, 0.2) is 0 Å². The highest BCUT2D eigenvalue weighted by Gasteiger charge is 1.96. The molecule has 3 heteroatoms. The van der Waals surface area contributed by atoms with Gasteiger partial charge in [0.1, 0.15) is 0 Å². The van der Waals surface area contributed by atoms with E-state index in [1.54, 1.807) is 0 Å². The number of hydrogen-bond acceptors (Lipinski definition) is 2. The van der Waals surface area contributed by atoms with Crippen LogP contribution >= 0.6 is 12.6 Å². The van der Waals surface area contributed by atoms with E-state index in [1.807, 2.05) is 25.1 Å². The van der Waals surface area contributed by atoms with Crippen LogP contribution in [0.2, 0.25) is 0 Å². The Labute approximate surface area is 77.4 Å². The van der Waals surface area contributed by atoms with Crippen LogP contribution in [-0.2, 0) is 11.3 Å². The van der Waals surface area contributed by atoms with Crippen LogP contribution in [0.5, 0.6) is 0 Å². The molecule has 64 valence electrons. The van der Waals surface area contributed by atoms with Gasteiger partial charge < -0.3 is 5.32 Å². The number of nitrogens with one attached hydrogen (secondary N) is 1. The fourth-order valence-corrected chi connectivity index (χ4v) is 1.23. The molecule has 0 saturated carbocycles. The van der Waals surface area contributed by atoms with Gasteiger partial charge >= 0.3 is 0 Å². The molecule has 1 aromatic rings. The predicted molar refractivity (Wildman–Crippen MR) is 51.3 cm³/mol. The summed E-state index contributed by atoms with van der Waals surface area (Å²) in [5.74, 6) is 0. The van der Waals surface area contributed by atoms with Crippen LogP contribution in [0.25, 0.3) is 0 Å². The van der Waals surface area contributed by atoms with Gasteiger partial charge in [-0.1, -0.05) is 6.07 Å². The predicted octanol–water partition coefficient (Wildman–Crippen LogP) is 1.53. The average Bonchev–Trinajstić information content (AvgIpc) is 2.07. The van der Waals surface area contributed by atoms with Crippen LogP contribution < -0.4 is 5.32 Å². The second kappa shape index (κ2) is 4.16. The largest absolute Gasteiger partial charge is 0.355 e. The molecule has 0 fully saturated rings. The van der Waals surface area contributed by atoms with Gasteiger partial charge in [-0.05, 0) is 30.2 Å². The lowest BCUT2D eigenvalue weighted by Crippen LogP contribution is -2.10. The van der Waals surface area contributed by atoms with Crippen LogP contribution in [-0.4, -0.2) is 6.41 Å². The van der Waals surface area contributed by atoms with Crippen molar-refractivity contribution in [3.63, 3.8) is 0 Å². The number of carbonyl (C=O) groups excluding carboxylic acids is 1. The van der Waals surface area contributed by atoms with E-state index in [-0.39, 0.29) is 0 Å². The van der Waals surface area contributed by atoms with Gasteiger partial charge in [0, 0.05) is 11.4 Å². The van der Waals surface area contributed by atoms with Gasteiger partial charge in [-0.25, -0.2) is 0 Å². The first-order valence-corrected chi connectivity index (χ1v) is 4.14. The molecular formula is C9H11NOS. The molecule has 0 saturated heterocycles. The van der Waals surface area contributed by atoms with Crippen molar-refractivity contribution in [2.75, 3.05) is 0 Å². The lowest BCUT2D eigenvalue weighted by molar-refractivity contribution is -0.109. The maximum absolute atomic E-state index is 10.0. The van der Waals surface area contributed by atoms with Gasteiger partial charge in [-0.2, -0.15) is 0 Å². The molecule has 1 rings (SSSR count). The monoisotopic (exact) mass is 181 g/mol. The first-order chi connectivity index (χ1) is 5.74. The summed E-state index contributed by atoms with van der Waals surface area (Å²) in [5.41, 5.74) is 2.27. The Kier molecular flexibility index (Phi) is 3.17. The van der Waals surface area contributed by atoms with E-state index in [2.05, 4.69) is 17.9 Å². The van der Waals surface area contributed by atoms with Gasteiger partial charge in [0.05, 0.1) is 0 Å². The summed E-state index contributed by atoms with van der Waals surface area (Å²) in [7, 11) is 0. The Hall–Kier alpha value is -0.960. The lowest BCUT2D eigenvalue weighted by atomic mass is 10.1. The van der Waals surface area contributed by atoms with Crippen molar-refractivity contribution in [3.8, 4) is 0 Å². The van der Waals surface area contributed by atoms with Crippen LogP contribution in [0.4, 0.5) is 0 Å². The minimum absolute atomic E-state index is 0.573. The second-order valence-electron chi connectivity index (χ2n) is 2.61. The Morgan fingerprint density at radius 2 is 2.33 bits per heavy atom. The molecule has 1 aromatic carbocycles. The van der Waals surface area contributed by atoms with Crippen LogP contribution in [0.15, 0.2) is 23.1 Å². The smallest absolute Gasteiger partial charge is 0.207 e. The minimum atomic E-state index is 0.573. The topological polar surface area (TPSA) is 29.1 Å². The van der Waals surface area contributed by atoms with Crippen LogP contribution in [0.1, 0.15) is 11.1 Å². The number of aryl methyl sites for hydroxylation is 1. The number of rotatable bonds is 3. The van der Waals surface area contributed by atoms with E-state index in [4.69, 9.17) is 0 Å². The van der Waals surface area contributed by atoms with Gasteiger partial charge in [0.25, 0.3) is 0 Å². The Balaban J connectivity index is 2.82. The maximum atomic E-state index is 10.0. The highest BCUT2D eigenvalue weighted by Crippen LogP contribution is 2.13. The molecule has 0 atom stereocenters. The number of thiol groups is 1. The van der Waals surface area contributed by atoms with Crippen molar-refractivity contribution in [1.82, 2.24) is 5.32 Å². The molecule has 0 aromatic heterocycles. The summed E-state index contributed by atoms with van der Waals surface area (Å²) >= 11 is 4.21. The summed E-state index contributed by atoms with van der Waals surface area (Å²) in [5, 5.41) is 2.62. The molecule has 0 heterocycles. The maximum Gasteiger partial charge on any atom is 0.207 e. The van der Waals surface area contributed by atoms with Crippen molar-refractivity contribution in [2.45, 2.75) is 18.4 Å². The van der Waals surface area contributed by atoms with Crippen molar-refractivity contribution in [2.24, 2.45) is 0 Å². The van der Waals surface area contributed by atoms with E-state index in [0.29, 0.717) is 13.0 Å². The van der Waals surface area contributed by atoms with Gasteiger partial charge in [-0.3, -0.25) is 4.79 Å². The van der Waals surface area contributed by atoms with E-state index in [1.165, 1.54) is 5.56 Å². The third-order valence-electron chi connectivity index (χ3n) is 1.71. The zero-order valence-electron chi connectivity index (χ0n) is 6.87. The zero-order chi connectivity index (χ0) is 8.97. The number of benzene rings is 1. The van der Waals surface area contributed by atoms with Gasteiger partial charge in [0.2, 0.25) is 6.41 Å². The number of amides is 1. The van der Waals surface area contributed by atoms with Crippen molar-refractivity contribution >= 4 is 19.0 Å². The third-order valence-corrected chi connectivity index (χ3v) is 1.99. The number of hydrogen-bond donors (Lipinski definition) is 2. The van der Waals surface area contributed by atoms with Crippen molar-refractivity contribution in [1.29, 1.82) is 0 Å². The molecule has 0 radical (unpaired) electrons. The normalized spacial score (nSPS) is 9.50. The molecule has 0 aliphatic rings. The summed E-state index contributed by atoms with van der Waals surface area (Å²) in [6, 6.07) is 5.88. The molecule has 0 unspecified atom stereocenters. The lowest BCUT2D eigenvalue weighted by Gasteiger charge is -2.04. The molecule has 1 amide bonds. The summed E-state index contributed by atoms with van der Waals surface area (Å²) in [6.07, 6.45) is 0.699. The van der Waals surface area contributed by atoms with E-state index < -0.39 is 0 Å².